The van der Waals surface area contributed by atoms with Gasteiger partial charge in [0.15, 0.2) is 17.1 Å². The zero-order valence-electron chi connectivity index (χ0n) is 30.2. The molecule has 1 N–H and O–H groups in total. The second-order valence-corrected chi connectivity index (χ2v) is 16.5. The van der Waals surface area contributed by atoms with E-state index in [2.05, 4.69) is 19.1 Å². The number of carbonyl (C=O) groups is 3. The molecule has 4 aliphatic rings. The molecule has 276 valence electrons. The minimum absolute atomic E-state index is 0.0625. The molecule has 0 aromatic heterocycles. The van der Waals surface area contributed by atoms with E-state index in [4.69, 9.17) is 4.74 Å². The van der Waals surface area contributed by atoms with Crippen molar-refractivity contribution in [3.05, 3.63) is 35.7 Å². The van der Waals surface area contributed by atoms with E-state index in [0.29, 0.717) is 18.2 Å². The zero-order valence-corrected chi connectivity index (χ0v) is 31.0. The Bertz CT molecular complexity index is 1280. The van der Waals surface area contributed by atoms with E-state index >= 15 is 8.78 Å². The van der Waals surface area contributed by atoms with Gasteiger partial charge in [-0.25, -0.2) is 13.2 Å². The summed E-state index contributed by atoms with van der Waals surface area (Å²) in [5.41, 5.74) is -6.85. The molecule has 8 atom stereocenters. The van der Waals surface area contributed by atoms with Gasteiger partial charge in [0.25, 0.3) is 0 Å². The highest BCUT2D eigenvalue weighted by Gasteiger charge is 2.77. The molecule has 0 aromatic carbocycles. The second-order valence-electron chi connectivity index (χ2n) is 15.6. The van der Waals surface area contributed by atoms with Gasteiger partial charge < -0.3 is 9.84 Å². The number of esters is 1. The number of fused-ring (bicyclic) bond motifs is 5. The summed E-state index contributed by atoms with van der Waals surface area (Å²) in [6, 6.07) is -1.02. The van der Waals surface area contributed by atoms with Gasteiger partial charge in [-0.2, -0.15) is 0 Å². The molecule has 0 spiro atoms. The summed E-state index contributed by atoms with van der Waals surface area (Å²) < 4.78 is 53.2. The predicted octanol–water partition coefficient (Wildman–Crippen LogP) is 10.4. The number of allylic oxidation sites excluding steroid dienone is 6. The molecule has 0 aliphatic heterocycles. The Labute approximate surface area is 296 Å². The molecule has 2 fully saturated rings. The summed E-state index contributed by atoms with van der Waals surface area (Å²) in [6.07, 6.45) is 19.8. The maximum atomic E-state index is 17.6. The molecular weight excluding hydrogens is 649 g/mol. The number of ketones is 1. The summed E-state index contributed by atoms with van der Waals surface area (Å²) in [5.74, 6) is -3.76. The fourth-order valence-electron chi connectivity index (χ4n) is 9.92. The Morgan fingerprint density at radius 1 is 1.00 bits per heavy atom. The molecule has 0 amide bonds. The molecule has 0 bridgehead atoms. The number of hydrogen-bond acceptors (Lipinski definition) is 6. The van der Waals surface area contributed by atoms with Gasteiger partial charge in [-0.3, -0.25) is 14.4 Å². The summed E-state index contributed by atoms with van der Waals surface area (Å²) >= 11 is 0.425. The van der Waals surface area contributed by atoms with E-state index in [1.807, 2.05) is 0 Å². The van der Waals surface area contributed by atoms with Crippen LogP contribution < -0.4 is 0 Å². The van der Waals surface area contributed by atoms with Crippen LogP contribution in [0.1, 0.15) is 143 Å². The van der Waals surface area contributed by atoms with Gasteiger partial charge in [-0.1, -0.05) is 90.4 Å². The fraction of sp³-hybridized carbons (Fsp3) is 0.775. The summed E-state index contributed by atoms with van der Waals surface area (Å²) in [6.45, 7) is 7.23. The maximum absolute atomic E-state index is 17.6. The van der Waals surface area contributed by atoms with Crippen LogP contribution in [0.25, 0.3) is 0 Å². The lowest BCUT2D eigenvalue weighted by molar-refractivity contribution is -0.223. The van der Waals surface area contributed by atoms with Gasteiger partial charge in [-0.05, 0) is 81.2 Å². The van der Waals surface area contributed by atoms with Crippen molar-refractivity contribution in [3.63, 3.8) is 0 Å². The SMILES string of the molecule is CCCCCCCCCCCC=CCCCCC(=O)O[C@]1(C(=O)SCF)[C@H](C)CC2C3CC(F)=C4CC(=O)C=C[C@]4(C)[C@@]3(F)[C@@H](O)C[C@@]21C. The number of aliphatic hydroxyl groups excluding tert-OH is 1. The normalized spacial score (nSPS) is 35.4. The third kappa shape index (κ3) is 7.68. The van der Waals surface area contributed by atoms with Crippen molar-refractivity contribution < 1.29 is 37.4 Å². The van der Waals surface area contributed by atoms with Crippen molar-refractivity contribution in [3.8, 4) is 0 Å². The topological polar surface area (TPSA) is 80.7 Å². The maximum Gasteiger partial charge on any atom is 0.306 e. The summed E-state index contributed by atoms with van der Waals surface area (Å²) in [4.78, 5) is 39.5. The van der Waals surface area contributed by atoms with E-state index in [1.54, 1.807) is 13.8 Å². The highest BCUT2D eigenvalue weighted by Crippen LogP contribution is 2.72. The van der Waals surface area contributed by atoms with Crippen molar-refractivity contribution >= 4 is 28.6 Å². The molecule has 0 heterocycles. The smallest absolute Gasteiger partial charge is 0.306 e. The molecule has 2 unspecified atom stereocenters. The Kier molecular flexibility index (Phi) is 13.9. The van der Waals surface area contributed by atoms with Crippen molar-refractivity contribution in [1.82, 2.24) is 0 Å². The molecule has 0 radical (unpaired) electrons. The Morgan fingerprint density at radius 2 is 1.61 bits per heavy atom. The molecule has 4 rings (SSSR count). The molecule has 4 aliphatic carbocycles. The second kappa shape index (κ2) is 17.1. The van der Waals surface area contributed by atoms with Gasteiger partial charge >= 0.3 is 5.97 Å². The van der Waals surface area contributed by atoms with E-state index in [-0.39, 0.29) is 43.5 Å². The Hall–Kier alpha value is -1.87. The Balaban J connectivity index is 1.38. The predicted molar refractivity (Wildman–Crippen MR) is 190 cm³/mol. The van der Waals surface area contributed by atoms with E-state index in [0.717, 1.165) is 19.3 Å². The van der Waals surface area contributed by atoms with Crippen LogP contribution in [0.5, 0.6) is 0 Å². The van der Waals surface area contributed by atoms with Crippen LogP contribution in [0.2, 0.25) is 0 Å². The minimum Gasteiger partial charge on any atom is -0.449 e. The molecule has 5 nitrogen and oxygen atoms in total. The first-order valence-electron chi connectivity index (χ1n) is 18.9. The molecule has 49 heavy (non-hydrogen) atoms. The third-order valence-corrected chi connectivity index (χ3v) is 13.3. The number of aliphatic hydroxyl groups is 1. The number of ether oxygens (including phenoxy) is 1. The van der Waals surface area contributed by atoms with E-state index < -0.39 is 68.9 Å². The van der Waals surface area contributed by atoms with Crippen molar-refractivity contribution in [2.45, 2.75) is 161 Å². The molecular formula is C40H59F3O5S. The first-order valence-corrected chi connectivity index (χ1v) is 19.9. The van der Waals surface area contributed by atoms with E-state index in [9.17, 15) is 23.9 Å². The van der Waals surface area contributed by atoms with Crippen LogP contribution in [-0.4, -0.2) is 45.4 Å². The van der Waals surface area contributed by atoms with Crippen molar-refractivity contribution in [2.75, 3.05) is 6.01 Å². The standard InChI is InChI=1S/C40H59F3O5S/c1-5-6-7-8-9-10-11-12-13-14-15-16-17-18-19-20-35(46)48-40(36(47)49-27-41)28(2)23-30-31-25-33(42)32-24-29(44)21-22-37(32,3)39(31,43)34(45)26-38(30,40)4/h15-16,21-22,28,30-31,34,45H,5-14,17-20,23-27H2,1-4H3/t28-,30?,31?,34+,37+,38+,39+,40+/m1/s1. The van der Waals surface area contributed by atoms with Gasteiger partial charge in [0.1, 0.15) is 11.8 Å². The lowest BCUT2D eigenvalue weighted by atomic mass is 9.45. The number of halogens is 3. The fourth-order valence-corrected chi connectivity index (χ4v) is 10.7. The van der Waals surface area contributed by atoms with Crippen LogP contribution in [0.3, 0.4) is 0 Å². The van der Waals surface area contributed by atoms with Crippen molar-refractivity contribution in [1.29, 1.82) is 0 Å². The average molecular weight is 709 g/mol. The number of unbranched alkanes of at least 4 members (excludes halogenated alkanes) is 11. The highest BCUT2D eigenvalue weighted by molar-refractivity contribution is 8.13. The van der Waals surface area contributed by atoms with Crippen LogP contribution in [-0.2, 0) is 19.1 Å². The lowest BCUT2D eigenvalue weighted by Gasteiger charge is -2.62. The average Bonchev–Trinajstić information content (AvgIpc) is 3.27. The van der Waals surface area contributed by atoms with Crippen LogP contribution in [0, 0.1) is 28.6 Å². The van der Waals surface area contributed by atoms with Crippen molar-refractivity contribution in [2.24, 2.45) is 28.6 Å². The van der Waals surface area contributed by atoms with Crippen LogP contribution in [0.15, 0.2) is 35.7 Å². The monoisotopic (exact) mass is 708 g/mol. The summed E-state index contributed by atoms with van der Waals surface area (Å²) in [5, 5.41) is 11.0. The summed E-state index contributed by atoms with van der Waals surface area (Å²) in [7, 11) is 0. The minimum atomic E-state index is -2.31. The first-order chi connectivity index (χ1) is 23.3. The number of hydrogen-bond donors (Lipinski definition) is 1. The number of carbonyl (C=O) groups excluding carboxylic acids is 3. The largest absolute Gasteiger partial charge is 0.449 e. The Morgan fingerprint density at radius 3 is 2.24 bits per heavy atom. The quantitative estimate of drug-likeness (QED) is 0.0867. The van der Waals surface area contributed by atoms with Gasteiger partial charge in [-0.15, -0.1) is 0 Å². The molecule has 2 saturated carbocycles. The molecule has 0 aromatic rings. The highest BCUT2D eigenvalue weighted by atomic mass is 32.2. The van der Waals surface area contributed by atoms with Gasteiger partial charge in [0, 0.05) is 41.9 Å². The zero-order chi connectivity index (χ0) is 35.9. The molecule has 0 saturated heterocycles. The third-order valence-electron chi connectivity index (χ3n) is 12.6. The lowest BCUT2D eigenvalue weighted by Crippen LogP contribution is -2.69. The first kappa shape index (κ1) is 39.9. The number of alkyl halides is 2. The van der Waals surface area contributed by atoms with E-state index in [1.165, 1.54) is 76.9 Å². The van der Waals surface area contributed by atoms with Gasteiger partial charge in [0.2, 0.25) is 5.12 Å². The van der Waals surface area contributed by atoms with Crippen LogP contribution >= 0.6 is 11.8 Å². The number of rotatable bonds is 18. The van der Waals surface area contributed by atoms with Gasteiger partial charge in [0.05, 0.1) is 6.10 Å². The number of thioether (sulfide) groups is 1. The van der Waals surface area contributed by atoms with Crippen LogP contribution in [0.4, 0.5) is 13.2 Å². The molecule has 9 heteroatoms.